The maximum Gasteiger partial charge on any atom is 0.306 e. The summed E-state index contributed by atoms with van der Waals surface area (Å²) in [5.41, 5.74) is 5.25. The Morgan fingerprint density at radius 3 is 2.50 bits per heavy atom. The number of nitrogens with two attached hydrogens (primary N) is 1. The quantitative estimate of drug-likeness (QED) is 0.601. The number of amides is 1. The summed E-state index contributed by atoms with van der Waals surface area (Å²) in [7, 11) is 1.44. The lowest BCUT2D eigenvalue weighted by Gasteiger charge is -2.26. The molecule has 6 heteroatoms. The molecule has 0 heterocycles. The van der Waals surface area contributed by atoms with Crippen molar-refractivity contribution in [2.75, 3.05) is 20.2 Å². The zero-order valence-electron chi connectivity index (χ0n) is 10.8. The van der Waals surface area contributed by atoms with Gasteiger partial charge in [0.05, 0.1) is 17.9 Å². The summed E-state index contributed by atoms with van der Waals surface area (Å²) in [5.74, 6) is -1.01. The molecule has 1 saturated carbocycles. The number of carbonyl (C=O) groups excluding carboxylic acids is 1. The molecule has 1 atom stereocenters. The van der Waals surface area contributed by atoms with E-state index in [0.29, 0.717) is 6.54 Å². The topological polar surface area (TPSA) is 102 Å². The van der Waals surface area contributed by atoms with Crippen LogP contribution in [0.5, 0.6) is 0 Å². The van der Waals surface area contributed by atoms with Gasteiger partial charge in [-0.3, -0.25) is 9.59 Å². The van der Waals surface area contributed by atoms with E-state index in [1.54, 1.807) is 0 Å². The molecule has 0 radical (unpaired) electrons. The molecule has 1 aliphatic carbocycles. The van der Waals surface area contributed by atoms with Crippen LogP contribution in [0.15, 0.2) is 0 Å². The monoisotopic (exact) mass is 258 g/mol. The molecule has 1 unspecified atom stereocenters. The van der Waals surface area contributed by atoms with Crippen LogP contribution in [-0.2, 0) is 14.3 Å². The van der Waals surface area contributed by atoms with E-state index in [0.717, 1.165) is 25.7 Å². The molecule has 0 aromatic carbocycles. The van der Waals surface area contributed by atoms with E-state index in [1.807, 2.05) is 0 Å². The van der Waals surface area contributed by atoms with Crippen molar-refractivity contribution in [3.63, 3.8) is 0 Å². The van der Waals surface area contributed by atoms with Gasteiger partial charge in [-0.1, -0.05) is 12.8 Å². The number of hydrogen-bond acceptors (Lipinski definition) is 4. The molecule has 1 rings (SSSR count). The van der Waals surface area contributed by atoms with Gasteiger partial charge in [0.2, 0.25) is 5.91 Å². The molecule has 104 valence electrons. The normalized spacial score (nSPS) is 19.4. The number of ether oxygens (including phenoxy) is 1. The molecule has 0 aromatic rings. The van der Waals surface area contributed by atoms with E-state index in [2.05, 4.69) is 5.32 Å². The number of methoxy groups -OCH3 is 1. The van der Waals surface area contributed by atoms with Gasteiger partial charge in [-0.25, -0.2) is 0 Å². The fourth-order valence-corrected chi connectivity index (χ4v) is 2.40. The molecule has 18 heavy (non-hydrogen) atoms. The van der Waals surface area contributed by atoms with E-state index < -0.39 is 17.5 Å². The van der Waals surface area contributed by atoms with Crippen molar-refractivity contribution in [2.45, 2.75) is 38.2 Å². The van der Waals surface area contributed by atoms with Crippen LogP contribution in [0.2, 0.25) is 0 Å². The summed E-state index contributed by atoms with van der Waals surface area (Å²) in [5, 5.41) is 11.4. The van der Waals surface area contributed by atoms with E-state index in [-0.39, 0.29) is 18.9 Å². The lowest BCUT2D eigenvalue weighted by molar-refractivity contribution is -0.140. The number of nitrogens with one attached hydrogen (secondary N) is 1. The Bertz CT molecular complexity index is 300. The Labute approximate surface area is 107 Å². The second kappa shape index (κ2) is 6.70. The third-order valence-electron chi connectivity index (χ3n) is 3.66. The predicted molar refractivity (Wildman–Crippen MR) is 66.0 cm³/mol. The number of carboxylic acid groups (broad SMARTS) is 1. The fraction of sp³-hybridized carbons (Fsp3) is 0.833. The minimum atomic E-state index is -0.939. The van der Waals surface area contributed by atoms with Gasteiger partial charge in [-0.15, -0.1) is 0 Å². The summed E-state index contributed by atoms with van der Waals surface area (Å²) in [6.07, 6.45) is 3.05. The van der Waals surface area contributed by atoms with Crippen LogP contribution in [0.1, 0.15) is 32.1 Å². The van der Waals surface area contributed by atoms with Crippen LogP contribution >= 0.6 is 0 Å². The first-order valence-corrected chi connectivity index (χ1v) is 6.27. The lowest BCUT2D eigenvalue weighted by atomic mass is 9.85. The number of hydrogen-bond donors (Lipinski definition) is 3. The third-order valence-corrected chi connectivity index (χ3v) is 3.66. The van der Waals surface area contributed by atoms with Gasteiger partial charge in [0.1, 0.15) is 0 Å². The van der Waals surface area contributed by atoms with Crippen LogP contribution in [0, 0.1) is 5.41 Å². The molecule has 0 aromatic heterocycles. The molecular formula is C12H22N2O4. The SMILES string of the molecule is COC(CNC(=O)C1(CN)CCCC1)CC(=O)O. The standard InChI is InChI=1S/C12H22N2O4/c1-18-9(6-10(15)16)7-14-11(17)12(8-13)4-2-3-5-12/h9H,2-8,13H2,1H3,(H,14,17)(H,15,16). The van der Waals surface area contributed by atoms with Crippen molar-refractivity contribution < 1.29 is 19.4 Å². The summed E-state index contributed by atoms with van der Waals surface area (Å²) in [4.78, 5) is 22.7. The third kappa shape index (κ3) is 3.68. The van der Waals surface area contributed by atoms with Crippen molar-refractivity contribution >= 4 is 11.9 Å². The average molecular weight is 258 g/mol. The van der Waals surface area contributed by atoms with Crippen molar-refractivity contribution in [1.82, 2.24) is 5.32 Å². The Balaban J connectivity index is 2.46. The maximum absolute atomic E-state index is 12.1. The molecule has 1 amide bonds. The zero-order valence-corrected chi connectivity index (χ0v) is 10.8. The first-order chi connectivity index (χ1) is 8.54. The second-order valence-electron chi connectivity index (χ2n) is 4.86. The summed E-state index contributed by atoms with van der Waals surface area (Å²) in [6, 6.07) is 0. The maximum atomic E-state index is 12.1. The summed E-state index contributed by atoms with van der Waals surface area (Å²) < 4.78 is 5.01. The molecule has 1 fully saturated rings. The summed E-state index contributed by atoms with van der Waals surface area (Å²) >= 11 is 0. The Kier molecular flexibility index (Phi) is 5.55. The molecule has 0 saturated heterocycles. The zero-order chi connectivity index (χ0) is 13.6. The average Bonchev–Trinajstić information content (AvgIpc) is 2.83. The molecule has 1 aliphatic rings. The van der Waals surface area contributed by atoms with Gasteiger partial charge in [0, 0.05) is 20.2 Å². The number of carbonyl (C=O) groups is 2. The van der Waals surface area contributed by atoms with Gasteiger partial charge in [0.25, 0.3) is 0 Å². The van der Waals surface area contributed by atoms with E-state index >= 15 is 0 Å². The highest BCUT2D eigenvalue weighted by molar-refractivity contribution is 5.83. The van der Waals surface area contributed by atoms with Gasteiger partial charge < -0.3 is 20.9 Å². The number of rotatable bonds is 7. The largest absolute Gasteiger partial charge is 0.481 e. The molecule has 0 bridgehead atoms. The molecule has 0 aliphatic heterocycles. The van der Waals surface area contributed by atoms with Crippen LogP contribution in [-0.4, -0.2) is 43.3 Å². The minimum absolute atomic E-state index is 0.0741. The summed E-state index contributed by atoms with van der Waals surface area (Å²) in [6.45, 7) is 0.554. The second-order valence-corrected chi connectivity index (χ2v) is 4.86. The molecule has 6 nitrogen and oxygen atoms in total. The highest BCUT2D eigenvalue weighted by Gasteiger charge is 2.39. The van der Waals surface area contributed by atoms with Crippen LogP contribution in [0.25, 0.3) is 0 Å². The highest BCUT2D eigenvalue weighted by atomic mass is 16.5. The molecular weight excluding hydrogens is 236 g/mol. The Morgan fingerprint density at radius 1 is 1.44 bits per heavy atom. The van der Waals surface area contributed by atoms with Crippen LogP contribution in [0.3, 0.4) is 0 Å². The van der Waals surface area contributed by atoms with Crippen molar-refractivity contribution in [3.8, 4) is 0 Å². The van der Waals surface area contributed by atoms with E-state index in [9.17, 15) is 9.59 Å². The van der Waals surface area contributed by atoms with Crippen molar-refractivity contribution in [3.05, 3.63) is 0 Å². The van der Waals surface area contributed by atoms with Crippen molar-refractivity contribution in [1.29, 1.82) is 0 Å². The first kappa shape index (κ1) is 14.9. The first-order valence-electron chi connectivity index (χ1n) is 6.27. The number of aliphatic carboxylic acids is 1. The van der Waals surface area contributed by atoms with E-state index in [4.69, 9.17) is 15.6 Å². The Hall–Kier alpha value is -1.14. The highest BCUT2D eigenvalue weighted by Crippen LogP contribution is 2.37. The van der Waals surface area contributed by atoms with Crippen LogP contribution in [0.4, 0.5) is 0 Å². The predicted octanol–water partition coefficient (Wildman–Crippen LogP) is 0.111. The smallest absolute Gasteiger partial charge is 0.306 e. The molecule has 4 N–H and O–H groups in total. The fourth-order valence-electron chi connectivity index (χ4n) is 2.40. The van der Waals surface area contributed by atoms with Gasteiger partial charge in [0.15, 0.2) is 0 Å². The Morgan fingerprint density at radius 2 is 2.06 bits per heavy atom. The van der Waals surface area contributed by atoms with Gasteiger partial charge >= 0.3 is 5.97 Å². The number of carboxylic acids is 1. The van der Waals surface area contributed by atoms with Gasteiger partial charge in [-0.05, 0) is 12.8 Å². The van der Waals surface area contributed by atoms with Gasteiger partial charge in [-0.2, -0.15) is 0 Å². The molecule has 0 spiro atoms. The minimum Gasteiger partial charge on any atom is -0.481 e. The van der Waals surface area contributed by atoms with E-state index in [1.165, 1.54) is 7.11 Å². The van der Waals surface area contributed by atoms with Crippen LogP contribution < -0.4 is 11.1 Å². The van der Waals surface area contributed by atoms with Crippen molar-refractivity contribution in [2.24, 2.45) is 11.1 Å². The lowest BCUT2D eigenvalue weighted by Crippen LogP contribution is -2.46.